The van der Waals surface area contributed by atoms with Crippen LogP contribution in [0, 0.1) is 0 Å². The number of para-hydroxylation sites is 1. The van der Waals surface area contributed by atoms with Gasteiger partial charge in [0.15, 0.2) is 0 Å². The second-order valence-corrected chi connectivity index (χ2v) is 10.0. The van der Waals surface area contributed by atoms with Gasteiger partial charge in [-0.15, -0.1) is 0 Å². The average molecular weight is 572 g/mol. The monoisotopic (exact) mass is 571 g/mol. The number of aromatic nitrogens is 2. The molecule has 2 amide bonds. The predicted octanol–water partition coefficient (Wildman–Crippen LogP) is 5.98. The first-order valence-electron chi connectivity index (χ1n) is 14.9. The summed E-state index contributed by atoms with van der Waals surface area (Å²) in [7, 11) is 0. The molecule has 4 N–H and O–H groups in total. The number of rotatable bonds is 11. The number of nitrogens with one attached hydrogen (secondary N) is 2. The van der Waals surface area contributed by atoms with Crippen molar-refractivity contribution in [3.8, 4) is 11.3 Å². The Bertz CT molecular complexity index is 1360. The fourth-order valence-corrected chi connectivity index (χ4v) is 4.78. The van der Waals surface area contributed by atoms with Crippen molar-refractivity contribution in [2.75, 3.05) is 37.2 Å². The van der Waals surface area contributed by atoms with Crippen LogP contribution in [0.15, 0.2) is 71.7 Å². The first-order valence-corrected chi connectivity index (χ1v) is 14.9. The van der Waals surface area contributed by atoms with E-state index in [9.17, 15) is 9.59 Å². The average Bonchev–Trinajstić information content (AvgIpc) is 3.62. The van der Waals surface area contributed by atoms with Gasteiger partial charge in [0.1, 0.15) is 11.5 Å². The van der Waals surface area contributed by atoms with Crippen LogP contribution in [-0.2, 0) is 9.59 Å². The lowest BCUT2D eigenvalue weighted by molar-refractivity contribution is -0.125. The second-order valence-electron chi connectivity index (χ2n) is 10.0. The molecule has 4 rings (SSSR count). The zero-order valence-corrected chi connectivity index (χ0v) is 25.6. The summed E-state index contributed by atoms with van der Waals surface area (Å²) in [6.07, 6.45) is 6.01. The van der Waals surface area contributed by atoms with Crippen molar-refractivity contribution in [2.24, 2.45) is 4.99 Å². The molecule has 1 saturated heterocycles. The van der Waals surface area contributed by atoms with Gasteiger partial charge in [-0.05, 0) is 44.0 Å². The molecule has 0 aliphatic carbocycles. The standard InChI is InChI=1S/C31H39N7O2.C2H6/c1-4-5-18-33-22(2)29-30(24-13-15-26(16-14-24)35-25-10-7-6-8-11-25)36-38(31(29)32)27-17-20-37(21-27)28(40)12-9-19-34-23(3)39;1-2/h6-16,27,35H,4-5,17-21,32H2,1-3H3,(H,34,39);1-2H3/b12-9+,33-22?;. The van der Waals surface area contributed by atoms with E-state index in [-0.39, 0.29) is 17.9 Å². The van der Waals surface area contributed by atoms with Crippen molar-refractivity contribution < 1.29 is 9.59 Å². The quantitative estimate of drug-likeness (QED) is 0.149. The number of carbonyl (C=O) groups excluding carboxylic acids is 2. The fraction of sp³-hybridized carbons (Fsp3) is 0.394. The van der Waals surface area contributed by atoms with Gasteiger partial charge in [-0.25, -0.2) is 4.68 Å². The van der Waals surface area contributed by atoms with Crippen LogP contribution >= 0.6 is 0 Å². The molecule has 1 aromatic heterocycles. The summed E-state index contributed by atoms with van der Waals surface area (Å²) in [6, 6.07) is 18.2. The van der Waals surface area contributed by atoms with E-state index < -0.39 is 0 Å². The molecule has 0 saturated carbocycles. The highest BCUT2D eigenvalue weighted by molar-refractivity contribution is 6.07. The van der Waals surface area contributed by atoms with Crippen molar-refractivity contribution in [1.82, 2.24) is 20.0 Å². The van der Waals surface area contributed by atoms with Crippen LogP contribution in [-0.4, -0.2) is 58.4 Å². The zero-order valence-electron chi connectivity index (χ0n) is 25.6. The SMILES string of the molecule is CC.CCCCN=C(C)c1c(-c2ccc(Nc3ccccc3)cc2)nn(C2CCN(C(=O)/C=C/CNC(C)=O)C2)c1N. The number of hydrogen-bond donors (Lipinski definition) is 3. The van der Waals surface area contributed by atoms with Gasteiger partial charge in [-0.1, -0.05) is 63.6 Å². The number of anilines is 3. The Hall–Kier alpha value is -4.40. The minimum atomic E-state index is -0.130. The number of nitrogens with two attached hydrogens (primary N) is 1. The summed E-state index contributed by atoms with van der Waals surface area (Å²) >= 11 is 0. The van der Waals surface area contributed by atoms with E-state index in [1.807, 2.05) is 80.1 Å². The molecule has 1 aliphatic heterocycles. The fourth-order valence-electron chi connectivity index (χ4n) is 4.78. The molecule has 1 fully saturated rings. The topological polar surface area (TPSA) is 118 Å². The molecular formula is C33H45N7O2. The molecule has 2 heterocycles. The Morgan fingerprint density at radius 1 is 1.07 bits per heavy atom. The number of unbranched alkanes of at least 4 members (excludes halogenated alkanes) is 1. The molecule has 1 unspecified atom stereocenters. The highest BCUT2D eigenvalue weighted by Crippen LogP contribution is 2.34. The Balaban J connectivity index is 0.00000237. The number of likely N-dealkylation sites (tertiary alicyclic amines) is 1. The summed E-state index contributed by atoms with van der Waals surface area (Å²) in [5.41, 5.74) is 12.2. The summed E-state index contributed by atoms with van der Waals surface area (Å²) < 4.78 is 1.87. The van der Waals surface area contributed by atoms with Crippen molar-refractivity contribution in [3.05, 3.63) is 72.3 Å². The lowest BCUT2D eigenvalue weighted by Crippen LogP contribution is -2.28. The summed E-state index contributed by atoms with van der Waals surface area (Å²) in [5.74, 6) is 0.354. The van der Waals surface area contributed by atoms with Crippen LogP contribution in [0.4, 0.5) is 17.2 Å². The van der Waals surface area contributed by atoms with Gasteiger partial charge < -0.3 is 21.3 Å². The summed E-state index contributed by atoms with van der Waals surface area (Å²) in [4.78, 5) is 30.4. The van der Waals surface area contributed by atoms with E-state index in [0.717, 1.165) is 59.7 Å². The van der Waals surface area contributed by atoms with Crippen LogP contribution in [0.25, 0.3) is 11.3 Å². The number of aliphatic imine (C=N–C) groups is 1. The molecule has 2 aromatic carbocycles. The number of hydrogen-bond acceptors (Lipinski definition) is 6. The molecule has 1 atom stereocenters. The maximum absolute atomic E-state index is 12.7. The highest BCUT2D eigenvalue weighted by atomic mass is 16.2. The highest BCUT2D eigenvalue weighted by Gasteiger charge is 2.30. The van der Waals surface area contributed by atoms with Crippen LogP contribution in [0.1, 0.15) is 65.5 Å². The third-order valence-corrected chi connectivity index (χ3v) is 6.94. The maximum Gasteiger partial charge on any atom is 0.246 e. The van der Waals surface area contributed by atoms with Crippen LogP contribution < -0.4 is 16.4 Å². The Labute approximate surface area is 249 Å². The van der Waals surface area contributed by atoms with E-state index in [4.69, 9.17) is 15.8 Å². The molecule has 9 heteroatoms. The van der Waals surface area contributed by atoms with Gasteiger partial charge in [0, 0.05) is 61.8 Å². The maximum atomic E-state index is 12.7. The van der Waals surface area contributed by atoms with Crippen LogP contribution in [0.3, 0.4) is 0 Å². The minimum Gasteiger partial charge on any atom is -0.383 e. The van der Waals surface area contributed by atoms with Gasteiger partial charge in [-0.3, -0.25) is 14.6 Å². The first-order chi connectivity index (χ1) is 20.4. The van der Waals surface area contributed by atoms with E-state index >= 15 is 0 Å². The third kappa shape index (κ3) is 8.55. The smallest absolute Gasteiger partial charge is 0.246 e. The molecule has 1 aliphatic rings. The summed E-state index contributed by atoms with van der Waals surface area (Å²) in [6.45, 7) is 11.8. The van der Waals surface area contributed by atoms with Gasteiger partial charge in [0.25, 0.3) is 0 Å². The number of nitrogens with zero attached hydrogens (tertiary/aromatic N) is 4. The molecular weight excluding hydrogens is 526 g/mol. The lowest BCUT2D eigenvalue weighted by atomic mass is 10.0. The minimum absolute atomic E-state index is 0.0392. The van der Waals surface area contributed by atoms with Crippen LogP contribution in [0.5, 0.6) is 0 Å². The molecule has 224 valence electrons. The van der Waals surface area contributed by atoms with Crippen molar-refractivity contribution >= 4 is 34.7 Å². The largest absolute Gasteiger partial charge is 0.383 e. The molecule has 0 spiro atoms. The second kappa shape index (κ2) is 16.1. The number of nitrogen functional groups attached to an aromatic ring is 1. The van der Waals surface area contributed by atoms with E-state index in [0.29, 0.717) is 25.5 Å². The Morgan fingerprint density at radius 3 is 2.43 bits per heavy atom. The van der Waals surface area contributed by atoms with Gasteiger partial charge >= 0.3 is 0 Å². The lowest BCUT2D eigenvalue weighted by Gasteiger charge is -2.15. The van der Waals surface area contributed by atoms with E-state index in [1.165, 1.54) is 13.0 Å². The molecule has 0 radical (unpaired) electrons. The molecule has 9 nitrogen and oxygen atoms in total. The first kappa shape index (κ1) is 32.1. The van der Waals surface area contributed by atoms with Gasteiger partial charge in [0.05, 0.1) is 11.6 Å². The predicted molar refractivity (Wildman–Crippen MR) is 173 cm³/mol. The van der Waals surface area contributed by atoms with Gasteiger partial charge in [0.2, 0.25) is 11.8 Å². The number of benzene rings is 2. The van der Waals surface area contributed by atoms with Gasteiger partial charge in [-0.2, -0.15) is 5.10 Å². The molecule has 42 heavy (non-hydrogen) atoms. The van der Waals surface area contributed by atoms with Crippen LogP contribution in [0.2, 0.25) is 0 Å². The number of carbonyl (C=O) groups is 2. The normalized spacial score (nSPS) is 14.9. The molecule has 3 aromatic rings. The molecule has 0 bridgehead atoms. The third-order valence-electron chi connectivity index (χ3n) is 6.94. The van der Waals surface area contributed by atoms with Crippen molar-refractivity contribution in [3.63, 3.8) is 0 Å². The Kier molecular flexibility index (Phi) is 12.3. The Morgan fingerprint density at radius 2 is 1.76 bits per heavy atom. The van der Waals surface area contributed by atoms with Crippen molar-refractivity contribution in [1.29, 1.82) is 0 Å². The van der Waals surface area contributed by atoms with E-state index in [1.54, 1.807) is 11.0 Å². The summed E-state index contributed by atoms with van der Waals surface area (Å²) in [5, 5.41) is 11.1. The van der Waals surface area contributed by atoms with E-state index in [2.05, 4.69) is 17.6 Å². The number of amides is 2. The zero-order chi connectivity index (χ0) is 30.5. The van der Waals surface area contributed by atoms with Crippen molar-refractivity contribution in [2.45, 2.75) is 59.9 Å².